The highest BCUT2D eigenvalue weighted by Crippen LogP contribution is 2.38. The van der Waals surface area contributed by atoms with E-state index in [1.165, 1.54) is 12.3 Å². The van der Waals surface area contributed by atoms with Gasteiger partial charge in [0.2, 0.25) is 0 Å². The second-order valence-electron chi connectivity index (χ2n) is 7.70. The molecule has 29 heavy (non-hydrogen) atoms. The van der Waals surface area contributed by atoms with E-state index in [1.807, 2.05) is 11.8 Å². The van der Waals surface area contributed by atoms with Crippen molar-refractivity contribution >= 4 is 22.5 Å². The number of nitrogens with two attached hydrogens (primary N) is 1. The molecule has 1 unspecified atom stereocenters. The Kier molecular flexibility index (Phi) is 5.12. The molecule has 2 aliphatic rings. The minimum atomic E-state index is -4.49. The lowest BCUT2D eigenvalue weighted by atomic mass is 10.0. The highest BCUT2D eigenvalue weighted by atomic mass is 19.4. The van der Waals surface area contributed by atoms with Crippen LogP contribution in [0.4, 0.5) is 18.9 Å². The molecular formula is C20H23F3N4O2. The van der Waals surface area contributed by atoms with Crippen LogP contribution in [0.1, 0.15) is 18.9 Å². The van der Waals surface area contributed by atoms with Gasteiger partial charge in [-0.15, -0.1) is 0 Å². The molecule has 0 spiro atoms. The second kappa shape index (κ2) is 7.46. The molecule has 156 valence electrons. The Hall–Kier alpha value is -2.39. The predicted octanol–water partition coefficient (Wildman–Crippen LogP) is 2.41. The maximum absolute atomic E-state index is 13.4. The highest BCUT2D eigenvalue weighted by molar-refractivity contribution is 5.94. The summed E-state index contributed by atoms with van der Waals surface area (Å²) in [5, 5.41) is 0.408. The number of anilines is 1. The van der Waals surface area contributed by atoms with Crippen molar-refractivity contribution in [1.82, 2.24) is 9.88 Å². The van der Waals surface area contributed by atoms with Gasteiger partial charge in [0.15, 0.2) is 6.10 Å². The van der Waals surface area contributed by atoms with Gasteiger partial charge in [-0.1, -0.05) is 0 Å². The van der Waals surface area contributed by atoms with Crippen LogP contribution in [0.15, 0.2) is 30.5 Å². The molecule has 2 saturated heterocycles. The number of rotatable bonds is 2. The quantitative estimate of drug-likeness (QED) is 0.826. The number of nitrogens with zero attached hydrogens (tertiary/aromatic N) is 3. The third-order valence-corrected chi connectivity index (χ3v) is 5.46. The third-order valence-electron chi connectivity index (χ3n) is 5.46. The first kappa shape index (κ1) is 19.9. The fourth-order valence-corrected chi connectivity index (χ4v) is 4.14. The Morgan fingerprint density at radius 2 is 2.03 bits per heavy atom. The number of ether oxygens (including phenoxy) is 1. The van der Waals surface area contributed by atoms with Crippen LogP contribution in [0.2, 0.25) is 0 Å². The van der Waals surface area contributed by atoms with Gasteiger partial charge in [-0.2, -0.15) is 13.2 Å². The summed E-state index contributed by atoms with van der Waals surface area (Å²) in [4.78, 5) is 20.5. The van der Waals surface area contributed by atoms with Crippen molar-refractivity contribution in [2.24, 2.45) is 5.73 Å². The van der Waals surface area contributed by atoms with Gasteiger partial charge in [0.05, 0.1) is 23.7 Å². The van der Waals surface area contributed by atoms with Gasteiger partial charge < -0.3 is 20.3 Å². The van der Waals surface area contributed by atoms with Gasteiger partial charge in [0, 0.05) is 42.9 Å². The first-order valence-electron chi connectivity index (χ1n) is 9.63. The van der Waals surface area contributed by atoms with Gasteiger partial charge in [-0.25, -0.2) is 0 Å². The molecule has 0 bridgehead atoms. The number of likely N-dealkylation sites (tertiary alicyclic amines) is 1. The van der Waals surface area contributed by atoms with Crippen molar-refractivity contribution in [1.29, 1.82) is 0 Å². The number of aromatic nitrogens is 1. The lowest BCUT2D eigenvalue weighted by molar-refractivity contribution is -0.147. The van der Waals surface area contributed by atoms with Crippen LogP contribution in [0.25, 0.3) is 10.9 Å². The minimum absolute atomic E-state index is 0.0269. The summed E-state index contributed by atoms with van der Waals surface area (Å²) in [6.07, 6.45) is -3.31. The average molecular weight is 408 g/mol. The fourth-order valence-electron chi connectivity index (χ4n) is 4.14. The number of benzene rings is 1. The Labute approximate surface area is 166 Å². The lowest BCUT2D eigenvalue weighted by Crippen LogP contribution is -2.53. The van der Waals surface area contributed by atoms with Crippen LogP contribution in [-0.4, -0.2) is 60.2 Å². The summed E-state index contributed by atoms with van der Waals surface area (Å²) in [5.41, 5.74) is 5.66. The second-order valence-corrected chi connectivity index (χ2v) is 7.70. The van der Waals surface area contributed by atoms with E-state index in [-0.39, 0.29) is 30.1 Å². The number of fused-ring (bicyclic) bond motifs is 1. The molecule has 0 saturated carbocycles. The lowest BCUT2D eigenvalue weighted by Gasteiger charge is -2.39. The first-order chi connectivity index (χ1) is 13.7. The van der Waals surface area contributed by atoms with Gasteiger partial charge >= 0.3 is 6.18 Å². The maximum Gasteiger partial charge on any atom is 0.418 e. The Bertz CT molecular complexity index is 920. The number of hydrogen-bond acceptors (Lipinski definition) is 5. The molecule has 1 amide bonds. The van der Waals surface area contributed by atoms with Crippen LogP contribution in [-0.2, 0) is 15.7 Å². The summed E-state index contributed by atoms with van der Waals surface area (Å²) >= 11 is 0. The zero-order valence-corrected chi connectivity index (χ0v) is 16.0. The molecule has 9 heteroatoms. The minimum Gasteiger partial charge on any atom is -0.365 e. The molecule has 2 aromatic rings. The highest BCUT2D eigenvalue weighted by Gasteiger charge is 2.37. The number of morpholine rings is 1. The number of halogens is 3. The number of pyridine rings is 1. The maximum atomic E-state index is 13.4. The molecule has 1 aromatic carbocycles. The van der Waals surface area contributed by atoms with E-state index in [2.05, 4.69) is 4.98 Å². The van der Waals surface area contributed by atoms with Crippen molar-refractivity contribution in [3.8, 4) is 0 Å². The number of alkyl halides is 3. The Morgan fingerprint density at radius 3 is 2.72 bits per heavy atom. The molecule has 3 heterocycles. The van der Waals surface area contributed by atoms with Gasteiger partial charge in [-0.05, 0) is 37.6 Å². The molecule has 3 atom stereocenters. The molecule has 4 rings (SSSR count). The van der Waals surface area contributed by atoms with E-state index in [0.717, 1.165) is 12.5 Å². The van der Waals surface area contributed by atoms with E-state index < -0.39 is 17.8 Å². The molecule has 2 aliphatic heterocycles. The largest absolute Gasteiger partial charge is 0.418 e. The average Bonchev–Trinajstić information content (AvgIpc) is 3.11. The molecule has 6 nitrogen and oxygen atoms in total. The number of hydrogen-bond donors (Lipinski definition) is 1. The molecule has 0 aliphatic carbocycles. The third kappa shape index (κ3) is 3.89. The zero-order valence-electron chi connectivity index (χ0n) is 16.0. The number of carbonyl (C=O) groups is 1. The van der Waals surface area contributed by atoms with Crippen molar-refractivity contribution in [3.63, 3.8) is 0 Å². The van der Waals surface area contributed by atoms with Crippen LogP contribution in [0, 0.1) is 0 Å². The van der Waals surface area contributed by atoms with Crippen molar-refractivity contribution in [2.75, 3.05) is 31.1 Å². The van der Waals surface area contributed by atoms with E-state index >= 15 is 0 Å². The monoisotopic (exact) mass is 408 g/mol. The van der Waals surface area contributed by atoms with Gasteiger partial charge in [-0.3, -0.25) is 9.78 Å². The number of carbonyl (C=O) groups excluding carboxylic acids is 1. The standard InChI is InChI=1S/C20H23F3N4O2/c1-12-9-27(11-17(29-12)19(28)26-8-6-13(24)10-26)16-5-4-15(20(21,22)23)18-14(16)3-2-7-25-18/h2-5,7,12-13,17H,6,8-11,24H2,1H3/t12-,13?,17-/m1/s1. The summed E-state index contributed by atoms with van der Waals surface area (Å²) < 4.78 is 46.0. The summed E-state index contributed by atoms with van der Waals surface area (Å²) in [5.74, 6) is -0.121. The van der Waals surface area contributed by atoms with Crippen LogP contribution >= 0.6 is 0 Å². The van der Waals surface area contributed by atoms with Crippen molar-refractivity contribution in [3.05, 3.63) is 36.0 Å². The van der Waals surface area contributed by atoms with E-state index in [9.17, 15) is 18.0 Å². The first-order valence-corrected chi connectivity index (χ1v) is 9.63. The molecule has 2 fully saturated rings. The summed E-state index contributed by atoms with van der Waals surface area (Å²) in [6, 6.07) is 5.73. The summed E-state index contributed by atoms with van der Waals surface area (Å²) in [6.45, 7) is 3.69. The van der Waals surface area contributed by atoms with E-state index in [4.69, 9.17) is 10.5 Å². The predicted molar refractivity (Wildman–Crippen MR) is 102 cm³/mol. The Balaban J connectivity index is 1.66. The van der Waals surface area contributed by atoms with Crippen molar-refractivity contribution < 1.29 is 22.7 Å². The smallest absolute Gasteiger partial charge is 0.365 e. The molecule has 1 aromatic heterocycles. The van der Waals surface area contributed by atoms with Gasteiger partial charge in [0.1, 0.15) is 0 Å². The van der Waals surface area contributed by atoms with Crippen LogP contribution in [0.3, 0.4) is 0 Å². The SMILES string of the molecule is C[C@@H]1CN(c2ccc(C(F)(F)F)c3ncccc23)C[C@H](C(=O)N2CCC(N)C2)O1. The summed E-state index contributed by atoms with van der Waals surface area (Å²) in [7, 11) is 0. The topological polar surface area (TPSA) is 71.7 Å². The van der Waals surface area contributed by atoms with Crippen LogP contribution in [0.5, 0.6) is 0 Å². The fraction of sp³-hybridized carbons (Fsp3) is 0.500. The molecular weight excluding hydrogens is 385 g/mol. The molecule has 2 N–H and O–H groups in total. The van der Waals surface area contributed by atoms with Crippen LogP contribution < -0.4 is 10.6 Å². The Morgan fingerprint density at radius 1 is 1.24 bits per heavy atom. The van der Waals surface area contributed by atoms with E-state index in [1.54, 1.807) is 17.0 Å². The normalized spacial score (nSPS) is 25.6. The number of amides is 1. The van der Waals surface area contributed by atoms with E-state index in [0.29, 0.717) is 30.7 Å². The van der Waals surface area contributed by atoms with Crippen molar-refractivity contribution in [2.45, 2.75) is 37.8 Å². The zero-order chi connectivity index (χ0) is 20.8. The van der Waals surface area contributed by atoms with Gasteiger partial charge in [0.25, 0.3) is 5.91 Å². The molecule has 0 radical (unpaired) electrons.